The van der Waals surface area contributed by atoms with Crippen LogP contribution in [0.1, 0.15) is 18.1 Å². The van der Waals surface area contributed by atoms with Crippen molar-refractivity contribution in [3.05, 3.63) is 51.8 Å². The van der Waals surface area contributed by atoms with E-state index in [4.69, 9.17) is 10.00 Å². The fraction of sp³-hybridized carbons (Fsp3) is 0.312. The molecule has 1 aromatic heterocycles. The first-order chi connectivity index (χ1) is 10.2. The molecule has 1 heterocycles. The van der Waals surface area contributed by atoms with Crippen molar-refractivity contribution in [2.24, 2.45) is 0 Å². The summed E-state index contributed by atoms with van der Waals surface area (Å²) in [6.07, 6.45) is 0.963. The van der Waals surface area contributed by atoms with E-state index in [-0.39, 0.29) is 11.1 Å². The highest BCUT2D eigenvalue weighted by Gasteiger charge is 2.09. The predicted octanol–water partition coefficient (Wildman–Crippen LogP) is 1.99. The lowest BCUT2D eigenvalue weighted by molar-refractivity contribution is 0.182. The zero-order valence-corrected chi connectivity index (χ0v) is 12.2. The number of nitriles is 1. The maximum absolute atomic E-state index is 12.0. The van der Waals surface area contributed by atoms with E-state index >= 15 is 0 Å². The first kappa shape index (κ1) is 14.9. The molecule has 0 aliphatic carbocycles. The number of rotatable bonds is 5. The molecule has 108 valence electrons. The lowest BCUT2D eigenvalue weighted by Gasteiger charge is -2.08. The third-order valence-corrected chi connectivity index (χ3v) is 3.26. The van der Waals surface area contributed by atoms with Crippen LogP contribution in [0, 0.1) is 11.3 Å². The van der Waals surface area contributed by atoms with Gasteiger partial charge in [-0.3, -0.25) is 4.79 Å². The highest BCUT2D eigenvalue weighted by atomic mass is 16.5. The molecule has 5 heteroatoms. The van der Waals surface area contributed by atoms with Crippen molar-refractivity contribution in [2.75, 3.05) is 13.7 Å². The van der Waals surface area contributed by atoms with Crippen LogP contribution in [0.2, 0.25) is 0 Å². The summed E-state index contributed by atoms with van der Waals surface area (Å²) in [6, 6.07) is 11.4. The summed E-state index contributed by atoms with van der Waals surface area (Å²) in [6.45, 7) is 2.78. The van der Waals surface area contributed by atoms with E-state index in [2.05, 4.69) is 12.0 Å². The first-order valence-electron chi connectivity index (χ1n) is 6.80. The smallest absolute Gasteiger partial charge is 0.284 e. The summed E-state index contributed by atoms with van der Waals surface area (Å²) >= 11 is 0. The summed E-state index contributed by atoms with van der Waals surface area (Å²) < 4.78 is 6.25. The molecule has 2 aromatic rings. The quantitative estimate of drug-likeness (QED) is 0.841. The van der Waals surface area contributed by atoms with Crippen LogP contribution in [0.15, 0.2) is 35.1 Å². The lowest BCUT2D eigenvalue weighted by Crippen LogP contribution is -2.27. The van der Waals surface area contributed by atoms with Gasteiger partial charge in [0, 0.05) is 12.7 Å². The van der Waals surface area contributed by atoms with E-state index in [1.165, 1.54) is 16.3 Å². The average Bonchev–Trinajstić information content (AvgIpc) is 2.54. The van der Waals surface area contributed by atoms with E-state index in [1.807, 2.05) is 30.3 Å². The Labute approximate surface area is 123 Å². The number of aryl methyl sites for hydroxylation is 1. The minimum Gasteiger partial charge on any atom is -0.383 e. The highest BCUT2D eigenvalue weighted by Crippen LogP contribution is 2.17. The molecule has 0 aliphatic rings. The molecule has 1 aromatic carbocycles. The second-order valence-corrected chi connectivity index (χ2v) is 4.63. The largest absolute Gasteiger partial charge is 0.383 e. The molecule has 0 unspecified atom stereocenters. The molecular weight excluding hydrogens is 266 g/mol. The van der Waals surface area contributed by atoms with Crippen LogP contribution >= 0.6 is 0 Å². The van der Waals surface area contributed by atoms with Crippen molar-refractivity contribution >= 4 is 0 Å². The fourth-order valence-corrected chi connectivity index (χ4v) is 2.00. The minimum absolute atomic E-state index is 0.0932. The zero-order chi connectivity index (χ0) is 15.2. The third-order valence-electron chi connectivity index (χ3n) is 3.26. The first-order valence-corrected chi connectivity index (χ1v) is 6.80. The van der Waals surface area contributed by atoms with Crippen LogP contribution in [0.4, 0.5) is 0 Å². The molecule has 0 saturated heterocycles. The van der Waals surface area contributed by atoms with Crippen LogP contribution in [0.5, 0.6) is 0 Å². The lowest BCUT2D eigenvalue weighted by atomic mass is 10.1. The number of hydrogen-bond donors (Lipinski definition) is 0. The van der Waals surface area contributed by atoms with Crippen molar-refractivity contribution in [1.29, 1.82) is 5.26 Å². The second-order valence-electron chi connectivity index (χ2n) is 4.63. The molecule has 5 nitrogen and oxygen atoms in total. The molecule has 0 aliphatic heterocycles. The molecule has 0 saturated carbocycles. The van der Waals surface area contributed by atoms with Gasteiger partial charge in [0.1, 0.15) is 11.6 Å². The normalized spacial score (nSPS) is 10.3. The number of aromatic nitrogens is 2. The predicted molar refractivity (Wildman–Crippen MR) is 79.9 cm³/mol. The van der Waals surface area contributed by atoms with E-state index in [1.54, 1.807) is 7.11 Å². The number of ether oxygens (including phenoxy) is 1. The van der Waals surface area contributed by atoms with Crippen molar-refractivity contribution in [3.8, 4) is 17.3 Å². The summed E-state index contributed by atoms with van der Waals surface area (Å²) in [7, 11) is 1.56. The molecule has 0 N–H and O–H groups in total. The van der Waals surface area contributed by atoms with Crippen molar-refractivity contribution < 1.29 is 4.74 Å². The molecule has 0 bridgehead atoms. The van der Waals surface area contributed by atoms with Crippen LogP contribution in [-0.4, -0.2) is 23.5 Å². The Bertz CT molecular complexity index is 712. The second kappa shape index (κ2) is 6.82. The number of benzene rings is 1. The average molecular weight is 283 g/mol. The van der Waals surface area contributed by atoms with Crippen molar-refractivity contribution in [1.82, 2.24) is 9.78 Å². The molecule has 0 amide bonds. The molecule has 2 rings (SSSR count). The summed E-state index contributed by atoms with van der Waals surface area (Å²) in [5.41, 5.74) is 2.44. The SMILES string of the molecule is CCc1ccc(-c2cc(C#N)c(=O)n(CCOC)n2)cc1. The summed E-state index contributed by atoms with van der Waals surface area (Å²) in [4.78, 5) is 12.0. The van der Waals surface area contributed by atoms with Gasteiger partial charge in [-0.25, -0.2) is 4.68 Å². The van der Waals surface area contributed by atoms with Crippen LogP contribution < -0.4 is 5.56 Å². The monoisotopic (exact) mass is 283 g/mol. The van der Waals surface area contributed by atoms with Crippen molar-refractivity contribution in [2.45, 2.75) is 19.9 Å². The van der Waals surface area contributed by atoms with E-state index in [0.717, 1.165) is 12.0 Å². The highest BCUT2D eigenvalue weighted by molar-refractivity contribution is 5.60. The van der Waals surface area contributed by atoms with E-state index in [0.29, 0.717) is 18.8 Å². The number of nitrogens with zero attached hydrogens (tertiary/aromatic N) is 3. The van der Waals surface area contributed by atoms with Crippen molar-refractivity contribution in [3.63, 3.8) is 0 Å². The summed E-state index contributed by atoms with van der Waals surface area (Å²) in [5, 5.41) is 13.4. The molecular formula is C16H17N3O2. The van der Waals surface area contributed by atoms with E-state index < -0.39 is 0 Å². The molecule has 0 radical (unpaired) electrons. The standard InChI is InChI=1S/C16H17N3O2/c1-3-12-4-6-13(7-5-12)15-10-14(11-17)16(20)19(18-15)8-9-21-2/h4-7,10H,3,8-9H2,1-2H3. The molecule has 0 atom stereocenters. The fourth-order valence-electron chi connectivity index (χ4n) is 2.00. The third kappa shape index (κ3) is 3.36. The van der Waals surface area contributed by atoms with Gasteiger partial charge in [-0.1, -0.05) is 31.2 Å². The number of hydrogen-bond acceptors (Lipinski definition) is 4. The minimum atomic E-state index is -0.386. The van der Waals surface area contributed by atoms with Gasteiger partial charge in [-0.15, -0.1) is 0 Å². The number of methoxy groups -OCH3 is 1. The van der Waals surface area contributed by atoms with Gasteiger partial charge in [-0.2, -0.15) is 10.4 Å². The van der Waals surface area contributed by atoms with Gasteiger partial charge in [0.2, 0.25) is 0 Å². The topological polar surface area (TPSA) is 67.9 Å². The maximum atomic E-state index is 12.0. The Hall–Kier alpha value is -2.45. The molecule has 21 heavy (non-hydrogen) atoms. The van der Waals surface area contributed by atoms with Crippen LogP contribution in [0.3, 0.4) is 0 Å². The van der Waals surface area contributed by atoms with E-state index in [9.17, 15) is 4.79 Å². The van der Waals surface area contributed by atoms with Crippen LogP contribution in [-0.2, 0) is 17.7 Å². The Morgan fingerprint density at radius 3 is 2.62 bits per heavy atom. The maximum Gasteiger partial charge on any atom is 0.284 e. The summed E-state index contributed by atoms with van der Waals surface area (Å²) in [5.74, 6) is 0. The van der Waals surface area contributed by atoms with Gasteiger partial charge in [0.15, 0.2) is 0 Å². The van der Waals surface area contributed by atoms with Gasteiger partial charge in [0.05, 0.1) is 18.8 Å². The zero-order valence-electron chi connectivity index (χ0n) is 12.2. The molecule has 0 fully saturated rings. The van der Waals surface area contributed by atoms with Gasteiger partial charge in [0.25, 0.3) is 5.56 Å². The Kier molecular flexibility index (Phi) is 4.85. The Morgan fingerprint density at radius 1 is 1.33 bits per heavy atom. The van der Waals surface area contributed by atoms with Crippen LogP contribution in [0.25, 0.3) is 11.3 Å². The Morgan fingerprint density at radius 2 is 2.05 bits per heavy atom. The van der Waals surface area contributed by atoms with Gasteiger partial charge in [-0.05, 0) is 18.1 Å². The Balaban J connectivity index is 2.47. The van der Waals surface area contributed by atoms with Gasteiger partial charge < -0.3 is 4.74 Å². The molecule has 0 spiro atoms. The van der Waals surface area contributed by atoms with Gasteiger partial charge >= 0.3 is 0 Å².